The molecule has 1 aliphatic carbocycles. The number of carbonyl (C=O) groups is 2. The fourth-order valence-corrected chi connectivity index (χ4v) is 6.04. The predicted molar refractivity (Wildman–Crippen MR) is 128 cm³/mol. The molecule has 3 atom stereocenters. The van der Waals surface area contributed by atoms with Crippen LogP contribution in [0.4, 0.5) is 4.39 Å². The van der Waals surface area contributed by atoms with Crippen molar-refractivity contribution in [2.24, 2.45) is 5.92 Å². The molecule has 1 N–H and O–H groups in total. The van der Waals surface area contributed by atoms with Crippen molar-refractivity contribution in [1.82, 2.24) is 15.2 Å². The molecule has 0 radical (unpaired) electrons. The number of nitrogens with one attached hydrogen (secondary N) is 1. The summed E-state index contributed by atoms with van der Waals surface area (Å²) in [7, 11) is 0. The summed E-state index contributed by atoms with van der Waals surface area (Å²) in [6, 6.07) is 11.5. The third-order valence-corrected chi connectivity index (χ3v) is 7.80. The highest BCUT2D eigenvalue weighted by Gasteiger charge is 2.54. The maximum Gasteiger partial charge on any atom is 0.274 e. The van der Waals surface area contributed by atoms with Gasteiger partial charge < -0.3 is 19.7 Å². The lowest BCUT2D eigenvalue weighted by Crippen LogP contribution is -2.45. The SMILES string of the molecule is Cc1nc(C(=O)N2C3CC3C[C@H]2CNC(=O)c2cccc3c2OCCO3)c(-c2cccc(F)c2)s1. The number of hydrogen-bond donors (Lipinski definition) is 1. The highest BCUT2D eigenvalue weighted by atomic mass is 32.1. The molecular formula is C26H24FN3O4S. The highest BCUT2D eigenvalue weighted by molar-refractivity contribution is 7.15. The number of likely N-dealkylation sites (tertiary alicyclic amines) is 1. The topological polar surface area (TPSA) is 80.8 Å². The number of benzene rings is 2. The minimum atomic E-state index is -0.353. The van der Waals surface area contributed by atoms with Gasteiger partial charge >= 0.3 is 0 Å². The fourth-order valence-electron chi connectivity index (χ4n) is 5.14. The zero-order chi connectivity index (χ0) is 24.1. The molecule has 2 amide bonds. The van der Waals surface area contributed by atoms with Gasteiger partial charge in [0.15, 0.2) is 11.5 Å². The van der Waals surface area contributed by atoms with Crippen molar-refractivity contribution in [1.29, 1.82) is 0 Å². The van der Waals surface area contributed by atoms with Gasteiger partial charge in [0.2, 0.25) is 0 Å². The number of thiazole rings is 1. The second-order valence-electron chi connectivity index (χ2n) is 9.13. The van der Waals surface area contributed by atoms with Gasteiger partial charge in [-0.25, -0.2) is 9.37 Å². The predicted octanol–water partition coefficient (Wildman–Crippen LogP) is 4.06. The highest BCUT2D eigenvalue weighted by Crippen LogP contribution is 2.49. The van der Waals surface area contributed by atoms with Gasteiger partial charge in [-0.05, 0) is 55.5 Å². The van der Waals surface area contributed by atoms with Crippen LogP contribution in [0.15, 0.2) is 42.5 Å². The molecule has 3 aromatic rings. The van der Waals surface area contributed by atoms with Gasteiger partial charge in [0.25, 0.3) is 11.8 Å². The summed E-state index contributed by atoms with van der Waals surface area (Å²) in [4.78, 5) is 33.8. The summed E-state index contributed by atoms with van der Waals surface area (Å²) >= 11 is 1.39. The van der Waals surface area contributed by atoms with Crippen molar-refractivity contribution in [3.63, 3.8) is 0 Å². The van der Waals surface area contributed by atoms with Gasteiger partial charge in [-0.2, -0.15) is 0 Å². The van der Waals surface area contributed by atoms with Crippen molar-refractivity contribution in [3.8, 4) is 21.9 Å². The zero-order valence-corrected chi connectivity index (χ0v) is 19.9. The van der Waals surface area contributed by atoms with Crippen LogP contribution in [0.2, 0.25) is 0 Å². The Kier molecular flexibility index (Phi) is 5.44. The van der Waals surface area contributed by atoms with Gasteiger partial charge in [-0.15, -0.1) is 11.3 Å². The van der Waals surface area contributed by atoms with Gasteiger partial charge in [0, 0.05) is 12.6 Å². The molecule has 2 aliphatic heterocycles. The first-order valence-corrected chi connectivity index (χ1v) is 12.5. The molecule has 35 heavy (non-hydrogen) atoms. The largest absolute Gasteiger partial charge is 0.486 e. The average Bonchev–Trinajstić information content (AvgIpc) is 3.35. The Morgan fingerprint density at radius 3 is 2.86 bits per heavy atom. The van der Waals surface area contributed by atoms with E-state index in [0.717, 1.165) is 17.8 Å². The number of amides is 2. The average molecular weight is 494 g/mol. The van der Waals surface area contributed by atoms with Gasteiger partial charge in [-0.3, -0.25) is 9.59 Å². The van der Waals surface area contributed by atoms with E-state index in [9.17, 15) is 14.0 Å². The molecule has 180 valence electrons. The summed E-state index contributed by atoms with van der Waals surface area (Å²) in [6.45, 7) is 3.03. The number of ether oxygens (including phenoxy) is 2. The fraction of sp³-hybridized carbons (Fsp3) is 0.346. The van der Waals surface area contributed by atoms with Crippen LogP contribution in [0.5, 0.6) is 11.5 Å². The Labute approximate surface area is 205 Å². The third kappa shape index (κ3) is 4.03. The lowest BCUT2D eigenvalue weighted by Gasteiger charge is -2.28. The molecule has 0 spiro atoms. The van der Waals surface area contributed by atoms with Crippen LogP contribution < -0.4 is 14.8 Å². The van der Waals surface area contributed by atoms with Crippen LogP contribution in [0.25, 0.3) is 10.4 Å². The summed E-state index contributed by atoms with van der Waals surface area (Å²) in [5, 5.41) is 3.74. The number of piperidine rings is 1. The first-order valence-electron chi connectivity index (χ1n) is 11.7. The Balaban J connectivity index is 1.22. The van der Waals surface area contributed by atoms with E-state index in [2.05, 4.69) is 10.3 Å². The molecule has 1 saturated heterocycles. The standard InChI is InChI=1S/C26H24FN3O4S/c1-14-29-22(24(35-14)15-4-2-5-17(27)10-15)26(32)30-18(11-16-12-20(16)30)13-28-25(31)19-6-3-7-21-23(19)34-9-8-33-21/h2-7,10,16,18,20H,8-9,11-13H2,1H3,(H,28,31)/t16?,18-,20?/m0/s1. The molecule has 3 heterocycles. The number of fused-ring (bicyclic) bond motifs is 2. The second-order valence-corrected chi connectivity index (χ2v) is 10.3. The molecule has 2 aromatic carbocycles. The van der Waals surface area contributed by atoms with Crippen LogP contribution in [-0.4, -0.2) is 53.5 Å². The second kappa shape index (κ2) is 8.64. The van der Waals surface area contributed by atoms with Crippen molar-refractivity contribution in [2.45, 2.75) is 31.8 Å². The Bertz CT molecular complexity index is 1330. The Hall–Kier alpha value is -3.46. The molecule has 1 saturated carbocycles. The Morgan fingerprint density at radius 1 is 1.17 bits per heavy atom. The molecular weight excluding hydrogens is 469 g/mol. The van der Waals surface area contributed by atoms with E-state index in [1.54, 1.807) is 30.3 Å². The molecule has 6 rings (SSSR count). The van der Waals surface area contributed by atoms with Crippen LogP contribution >= 0.6 is 11.3 Å². The molecule has 7 nitrogen and oxygen atoms in total. The van der Waals surface area contributed by atoms with Crippen LogP contribution in [0.3, 0.4) is 0 Å². The van der Waals surface area contributed by atoms with E-state index >= 15 is 0 Å². The van der Waals surface area contributed by atoms with E-state index < -0.39 is 0 Å². The third-order valence-electron chi connectivity index (χ3n) is 6.78. The van der Waals surface area contributed by atoms with Crippen molar-refractivity contribution in [3.05, 3.63) is 64.5 Å². The van der Waals surface area contributed by atoms with Gasteiger partial charge in [-0.1, -0.05) is 18.2 Å². The van der Waals surface area contributed by atoms with Crippen LogP contribution in [0.1, 0.15) is 38.7 Å². The Morgan fingerprint density at radius 2 is 2.00 bits per heavy atom. The molecule has 0 bridgehead atoms. The maximum absolute atomic E-state index is 13.9. The smallest absolute Gasteiger partial charge is 0.274 e. The van der Waals surface area contributed by atoms with E-state index in [-0.39, 0.29) is 29.7 Å². The molecule has 1 aromatic heterocycles. The van der Waals surface area contributed by atoms with Crippen molar-refractivity contribution >= 4 is 23.2 Å². The normalized spacial score (nSPS) is 22.0. The van der Waals surface area contributed by atoms with Crippen molar-refractivity contribution < 1.29 is 23.5 Å². The first-order chi connectivity index (χ1) is 17.0. The monoisotopic (exact) mass is 493 g/mol. The zero-order valence-electron chi connectivity index (χ0n) is 19.1. The number of halogens is 1. The van der Waals surface area contributed by atoms with Crippen LogP contribution in [0, 0.1) is 18.7 Å². The summed E-state index contributed by atoms with van der Waals surface area (Å²) in [5.74, 6) is 0.688. The van der Waals surface area contributed by atoms with Gasteiger partial charge in [0.05, 0.1) is 21.5 Å². The minimum absolute atomic E-state index is 0.130. The van der Waals surface area contributed by atoms with Gasteiger partial charge in [0.1, 0.15) is 24.7 Å². The minimum Gasteiger partial charge on any atom is -0.486 e. The lowest BCUT2D eigenvalue weighted by molar-refractivity contribution is 0.0684. The molecule has 3 aliphatic rings. The number of aromatic nitrogens is 1. The number of carbonyl (C=O) groups excluding carboxylic acids is 2. The molecule has 2 fully saturated rings. The van der Waals surface area contributed by atoms with E-state index in [0.29, 0.717) is 58.9 Å². The van der Waals surface area contributed by atoms with E-state index in [1.807, 2.05) is 11.8 Å². The van der Waals surface area contributed by atoms with Crippen molar-refractivity contribution in [2.75, 3.05) is 19.8 Å². The first kappa shape index (κ1) is 22.0. The van der Waals surface area contributed by atoms with E-state index in [1.165, 1.54) is 23.5 Å². The quantitative estimate of drug-likeness (QED) is 0.580. The van der Waals surface area contributed by atoms with E-state index in [4.69, 9.17) is 9.47 Å². The number of nitrogens with zero attached hydrogens (tertiary/aromatic N) is 2. The molecule has 2 unspecified atom stereocenters. The number of para-hydroxylation sites is 1. The number of hydrogen-bond acceptors (Lipinski definition) is 6. The maximum atomic E-state index is 13.9. The van der Waals surface area contributed by atoms with Crippen LogP contribution in [-0.2, 0) is 0 Å². The number of aryl methyl sites for hydroxylation is 1. The summed E-state index contributed by atoms with van der Waals surface area (Å²) in [5.41, 5.74) is 1.42. The lowest BCUT2D eigenvalue weighted by atomic mass is 10.1. The summed E-state index contributed by atoms with van der Waals surface area (Å²) < 4.78 is 25.1. The molecule has 9 heteroatoms. The number of rotatable bonds is 5. The summed E-state index contributed by atoms with van der Waals surface area (Å²) in [6.07, 6.45) is 1.80.